The molecule has 1 fully saturated rings. The van der Waals surface area contributed by atoms with Crippen LogP contribution in [0.15, 0.2) is 0 Å². The Balaban J connectivity index is 2.32. The minimum Gasteiger partial charge on any atom is -0.465 e. The molecule has 0 aromatic heterocycles. The molecule has 0 heterocycles. The topological polar surface area (TPSA) is 26.3 Å². The summed E-state index contributed by atoms with van der Waals surface area (Å²) in [4.78, 5) is 11.4. The van der Waals surface area contributed by atoms with Gasteiger partial charge in [-0.1, -0.05) is 66.2 Å². The second-order valence-electron chi connectivity index (χ2n) is 3.55. The van der Waals surface area contributed by atoms with E-state index in [0.717, 1.165) is 19.3 Å². The van der Waals surface area contributed by atoms with Gasteiger partial charge in [0.2, 0.25) is 0 Å². The van der Waals surface area contributed by atoms with E-state index in [1.54, 1.807) is 0 Å². The van der Waals surface area contributed by atoms with Crippen molar-refractivity contribution in [2.24, 2.45) is 5.92 Å². The fraction of sp³-hybridized carbons (Fsp3) is 0.889. The van der Waals surface area contributed by atoms with Crippen molar-refractivity contribution in [1.82, 2.24) is 0 Å². The number of esters is 1. The number of unbranched alkanes of at least 4 members (excludes halogenated alkanes) is 2. The van der Waals surface area contributed by atoms with E-state index in [1.165, 1.54) is 0 Å². The normalized spacial score (nSPS) is 22.5. The summed E-state index contributed by atoms with van der Waals surface area (Å²) >= 11 is 22.9. The predicted molar refractivity (Wildman–Crippen MR) is 62.8 cm³/mol. The first kappa shape index (κ1) is 13.7. The summed E-state index contributed by atoms with van der Waals surface area (Å²) in [7, 11) is 0. The third kappa shape index (κ3) is 2.66. The van der Waals surface area contributed by atoms with Crippen LogP contribution in [0, 0.1) is 5.92 Å². The smallest absolute Gasteiger partial charge is 0.315 e. The number of ether oxygens (including phenoxy) is 1. The molecule has 1 rings (SSSR count). The summed E-state index contributed by atoms with van der Waals surface area (Å²) in [6.45, 7) is 2.42. The van der Waals surface area contributed by atoms with Crippen LogP contribution < -0.4 is 0 Å². The highest BCUT2D eigenvalue weighted by atomic mass is 35.5. The molecular weight excluding hydrogens is 282 g/mol. The minimum atomic E-state index is -1.42. The van der Waals surface area contributed by atoms with Crippen molar-refractivity contribution >= 4 is 52.4 Å². The summed E-state index contributed by atoms with van der Waals surface area (Å²) in [6.07, 6.45) is 2.90. The zero-order chi connectivity index (χ0) is 11.7. The maximum Gasteiger partial charge on any atom is 0.315 e. The van der Waals surface area contributed by atoms with E-state index in [9.17, 15) is 4.79 Å². The molecule has 0 N–H and O–H groups in total. The molecule has 0 aliphatic heterocycles. The van der Waals surface area contributed by atoms with E-state index in [-0.39, 0.29) is 0 Å². The lowest BCUT2D eigenvalue weighted by atomic mass is 10.3. The second-order valence-corrected chi connectivity index (χ2v) is 6.33. The molecule has 1 aliphatic rings. The van der Waals surface area contributed by atoms with Crippen LogP contribution in [0.2, 0.25) is 0 Å². The number of carbonyl (C=O) groups is 1. The van der Waals surface area contributed by atoms with Crippen molar-refractivity contribution in [3.05, 3.63) is 0 Å². The van der Waals surface area contributed by atoms with Gasteiger partial charge >= 0.3 is 5.97 Å². The maximum absolute atomic E-state index is 11.4. The number of hydrogen-bond acceptors (Lipinski definition) is 2. The lowest BCUT2D eigenvalue weighted by Crippen LogP contribution is -2.12. The molecule has 1 saturated carbocycles. The number of carbonyl (C=O) groups excluding carboxylic acids is 1. The Morgan fingerprint density at radius 3 is 2.13 bits per heavy atom. The molecule has 1 aliphatic carbocycles. The number of hydrogen-bond donors (Lipinski definition) is 0. The molecule has 0 bridgehead atoms. The highest BCUT2D eigenvalue weighted by Gasteiger charge is 2.79. The highest BCUT2D eigenvalue weighted by Crippen LogP contribution is 2.69. The van der Waals surface area contributed by atoms with Crippen molar-refractivity contribution in [3.63, 3.8) is 0 Å². The average Bonchev–Trinajstić information content (AvgIpc) is 2.51. The van der Waals surface area contributed by atoms with Gasteiger partial charge in [-0.05, 0) is 6.42 Å². The molecule has 0 aromatic carbocycles. The van der Waals surface area contributed by atoms with Crippen LogP contribution in [0.25, 0.3) is 0 Å². The van der Waals surface area contributed by atoms with E-state index < -0.39 is 20.6 Å². The van der Waals surface area contributed by atoms with Gasteiger partial charge in [0, 0.05) is 0 Å². The SMILES string of the molecule is CCCCCOC(=O)C1C(Cl)(Cl)C1(Cl)Cl. The first-order valence-electron chi connectivity index (χ1n) is 4.78. The Morgan fingerprint density at radius 2 is 1.73 bits per heavy atom. The first-order chi connectivity index (χ1) is 6.85. The lowest BCUT2D eigenvalue weighted by Gasteiger charge is -2.03. The van der Waals surface area contributed by atoms with Gasteiger partial charge in [0.05, 0.1) is 6.61 Å². The van der Waals surface area contributed by atoms with Gasteiger partial charge in [-0.3, -0.25) is 4.79 Å². The zero-order valence-corrected chi connectivity index (χ0v) is 11.3. The Bertz CT molecular complexity index is 238. The maximum atomic E-state index is 11.4. The van der Waals surface area contributed by atoms with Crippen LogP contribution in [-0.4, -0.2) is 21.2 Å². The van der Waals surface area contributed by atoms with E-state index in [1.807, 2.05) is 0 Å². The summed E-state index contributed by atoms with van der Waals surface area (Å²) in [5.74, 6) is -1.38. The van der Waals surface area contributed by atoms with Crippen LogP contribution in [0.4, 0.5) is 0 Å². The number of rotatable bonds is 5. The number of alkyl halides is 4. The van der Waals surface area contributed by atoms with Crippen molar-refractivity contribution in [2.45, 2.75) is 34.9 Å². The highest BCUT2D eigenvalue weighted by molar-refractivity contribution is 6.69. The molecule has 0 atom stereocenters. The van der Waals surface area contributed by atoms with Gasteiger partial charge in [0.25, 0.3) is 0 Å². The van der Waals surface area contributed by atoms with Crippen LogP contribution in [0.5, 0.6) is 0 Å². The summed E-state index contributed by atoms with van der Waals surface area (Å²) in [5.41, 5.74) is 0. The summed E-state index contributed by atoms with van der Waals surface area (Å²) < 4.78 is 2.13. The van der Waals surface area contributed by atoms with E-state index >= 15 is 0 Å². The van der Waals surface area contributed by atoms with Crippen molar-refractivity contribution in [2.75, 3.05) is 6.61 Å². The van der Waals surface area contributed by atoms with Gasteiger partial charge in [-0.2, -0.15) is 0 Å². The zero-order valence-electron chi connectivity index (χ0n) is 8.23. The Labute approximate surface area is 109 Å². The van der Waals surface area contributed by atoms with Gasteiger partial charge in [-0.15, -0.1) is 0 Å². The van der Waals surface area contributed by atoms with Gasteiger partial charge in [0.15, 0.2) is 8.67 Å². The molecule has 0 spiro atoms. The Morgan fingerprint density at radius 1 is 1.20 bits per heavy atom. The molecule has 88 valence electrons. The molecule has 0 aromatic rings. The van der Waals surface area contributed by atoms with Crippen LogP contribution >= 0.6 is 46.4 Å². The fourth-order valence-electron chi connectivity index (χ4n) is 1.25. The molecule has 0 unspecified atom stereocenters. The molecule has 0 saturated heterocycles. The Kier molecular flexibility index (Phi) is 4.44. The third-order valence-electron chi connectivity index (χ3n) is 2.31. The fourth-order valence-corrected chi connectivity index (χ4v) is 2.70. The lowest BCUT2D eigenvalue weighted by molar-refractivity contribution is -0.145. The van der Waals surface area contributed by atoms with E-state index in [4.69, 9.17) is 51.1 Å². The summed E-state index contributed by atoms with van der Waals surface area (Å²) in [5, 5.41) is 0. The van der Waals surface area contributed by atoms with Crippen LogP contribution in [0.3, 0.4) is 0 Å². The molecule has 2 nitrogen and oxygen atoms in total. The molecule has 0 radical (unpaired) electrons. The molecule has 15 heavy (non-hydrogen) atoms. The monoisotopic (exact) mass is 292 g/mol. The van der Waals surface area contributed by atoms with E-state index in [0.29, 0.717) is 6.61 Å². The van der Waals surface area contributed by atoms with Crippen LogP contribution in [0.1, 0.15) is 26.2 Å². The van der Waals surface area contributed by atoms with Crippen molar-refractivity contribution < 1.29 is 9.53 Å². The minimum absolute atomic E-state index is 0.358. The summed E-state index contributed by atoms with van der Waals surface area (Å²) in [6, 6.07) is 0. The third-order valence-corrected chi connectivity index (χ3v) is 4.77. The van der Waals surface area contributed by atoms with Crippen molar-refractivity contribution in [1.29, 1.82) is 0 Å². The predicted octanol–water partition coefficient (Wildman–Crippen LogP) is 3.70. The first-order valence-corrected chi connectivity index (χ1v) is 6.29. The average molecular weight is 294 g/mol. The second kappa shape index (κ2) is 4.87. The number of halogens is 4. The van der Waals surface area contributed by atoms with Gasteiger partial charge in [0.1, 0.15) is 5.92 Å². The molecule has 0 amide bonds. The van der Waals surface area contributed by atoms with Crippen molar-refractivity contribution in [3.8, 4) is 0 Å². The largest absolute Gasteiger partial charge is 0.465 e. The molecule has 6 heteroatoms. The quantitative estimate of drug-likeness (QED) is 0.439. The van der Waals surface area contributed by atoms with Gasteiger partial charge < -0.3 is 4.74 Å². The molecular formula is C9H12Cl4O2. The standard InChI is InChI=1S/C9H12Cl4O2/c1-2-3-4-5-15-7(14)6-8(10,11)9(6,12)13/h6H,2-5H2,1H3. The van der Waals surface area contributed by atoms with E-state index in [2.05, 4.69) is 6.92 Å². The van der Waals surface area contributed by atoms with Crippen LogP contribution in [-0.2, 0) is 9.53 Å². The van der Waals surface area contributed by atoms with Gasteiger partial charge in [-0.25, -0.2) is 0 Å². The Hall–Kier alpha value is 0.630.